The molecular weight excluding hydrogens is 198 g/mol. The molecule has 0 atom stereocenters. The van der Waals surface area contributed by atoms with Gasteiger partial charge in [0.25, 0.3) is 0 Å². The van der Waals surface area contributed by atoms with Gasteiger partial charge in [0.2, 0.25) is 0 Å². The lowest BCUT2D eigenvalue weighted by Gasteiger charge is -2.05. The van der Waals surface area contributed by atoms with Crippen LogP contribution in [-0.4, -0.2) is 12.6 Å². The third-order valence-corrected chi connectivity index (χ3v) is 2.72. The predicted octanol–water partition coefficient (Wildman–Crippen LogP) is 2.53. The molecule has 2 N–H and O–H groups in total. The van der Waals surface area contributed by atoms with Gasteiger partial charge in [-0.3, -0.25) is 0 Å². The summed E-state index contributed by atoms with van der Waals surface area (Å²) < 4.78 is 5.07. The molecule has 14 heavy (non-hydrogen) atoms. The minimum atomic E-state index is -0.307. The molecule has 0 radical (unpaired) electrons. The minimum absolute atomic E-state index is 0.307. The summed E-state index contributed by atoms with van der Waals surface area (Å²) in [6.45, 7) is 4.65. The molecule has 0 aliphatic carbocycles. The maximum absolute atomic E-state index is 11.4. The molecule has 0 spiro atoms. The summed E-state index contributed by atoms with van der Waals surface area (Å²) in [6, 6.07) is 1.71. The topological polar surface area (TPSA) is 52.3 Å². The number of rotatable bonds is 4. The lowest BCUT2D eigenvalue weighted by Crippen LogP contribution is -2.08. The van der Waals surface area contributed by atoms with Crippen LogP contribution in [0.4, 0.5) is 5.69 Å². The van der Waals surface area contributed by atoms with Crippen LogP contribution in [-0.2, 0) is 4.74 Å². The second kappa shape index (κ2) is 5.00. The fourth-order valence-corrected chi connectivity index (χ4v) is 1.65. The van der Waals surface area contributed by atoms with Crippen molar-refractivity contribution in [2.24, 2.45) is 5.92 Å². The SMILES string of the molecule is CC(C)CCOC(=O)c1sccc1N. The first kappa shape index (κ1) is 11.0. The number of thiophene rings is 1. The van der Waals surface area contributed by atoms with E-state index < -0.39 is 0 Å². The zero-order valence-corrected chi connectivity index (χ0v) is 9.26. The standard InChI is InChI=1S/C10H15NO2S/c1-7(2)3-5-13-10(12)9-8(11)4-6-14-9/h4,6-7H,3,5,11H2,1-2H3. The van der Waals surface area contributed by atoms with E-state index in [0.29, 0.717) is 23.1 Å². The van der Waals surface area contributed by atoms with Gasteiger partial charge in [-0.15, -0.1) is 11.3 Å². The van der Waals surface area contributed by atoms with Crippen molar-refractivity contribution in [2.45, 2.75) is 20.3 Å². The Morgan fingerprint density at radius 2 is 2.36 bits per heavy atom. The van der Waals surface area contributed by atoms with E-state index in [1.54, 1.807) is 11.4 Å². The van der Waals surface area contributed by atoms with Crippen molar-refractivity contribution in [3.8, 4) is 0 Å². The average Bonchev–Trinajstić information content (AvgIpc) is 2.50. The summed E-state index contributed by atoms with van der Waals surface area (Å²) in [7, 11) is 0. The van der Waals surface area contributed by atoms with Crippen LogP contribution in [0.15, 0.2) is 11.4 Å². The minimum Gasteiger partial charge on any atom is -0.461 e. The molecule has 1 heterocycles. The number of nitrogen functional groups attached to an aromatic ring is 1. The van der Waals surface area contributed by atoms with E-state index >= 15 is 0 Å². The number of hydrogen-bond donors (Lipinski definition) is 1. The van der Waals surface area contributed by atoms with Crippen molar-refractivity contribution in [2.75, 3.05) is 12.3 Å². The molecule has 1 aromatic rings. The zero-order chi connectivity index (χ0) is 10.6. The van der Waals surface area contributed by atoms with E-state index in [1.165, 1.54) is 11.3 Å². The second-order valence-corrected chi connectivity index (χ2v) is 4.44. The molecule has 78 valence electrons. The fraction of sp³-hybridized carbons (Fsp3) is 0.500. The van der Waals surface area contributed by atoms with Gasteiger partial charge in [0.05, 0.1) is 12.3 Å². The van der Waals surface area contributed by atoms with E-state index in [2.05, 4.69) is 13.8 Å². The van der Waals surface area contributed by atoms with Gasteiger partial charge in [-0.05, 0) is 23.8 Å². The fourth-order valence-electron chi connectivity index (χ4n) is 0.938. The summed E-state index contributed by atoms with van der Waals surface area (Å²) in [5.74, 6) is 0.238. The van der Waals surface area contributed by atoms with Gasteiger partial charge in [-0.1, -0.05) is 13.8 Å². The average molecular weight is 213 g/mol. The first-order chi connectivity index (χ1) is 6.61. The molecular formula is C10H15NO2S. The predicted molar refractivity (Wildman–Crippen MR) is 58.5 cm³/mol. The van der Waals surface area contributed by atoms with Crippen LogP contribution in [0.25, 0.3) is 0 Å². The molecule has 0 aromatic carbocycles. The highest BCUT2D eigenvalue weighted by atomic mass is 32.1. The summed E-state index contributed by atoms with van der Waals surface area (Å²) in [5.41, 5.74) is 6.09. The van der Waals surface area contributed by atoms with E-state index in [4.69, 9.17) is 10.5 Å². The Morgan fingerprint density at radius 3 is 2.86 bits per heavy atom. The Bertz CT molecular complexity index is 307. The zero-order valence-electron chi connectivity index (χ0n) is 8.45. The summed E-state index contributed by atoms with van der Waals surface area (Å²) in [6.07, 6.45) is 0.886. The van der Waals surface area contributed by atoms with Crippen LogP contribution in [0.5, 0.6) is 0 Å². The van der Waals surface area contributed by atoms with Crippen LogP contribution >= 0.6 is 11.3 Å². The highest BCUT2D eigenvalue weighted by Crippen LogP contribution is 2.19. The Hall–Kier alpha value is -1.03. The Labute approximate surface area is 87.9 Å². The van der Waals surface area contributed by atoms with E-state index in [9.17, 15) is 4.79 Å². The Morgan fingerprint density at radius 1 is 1.64 bits per heavy atom. The van der Waals surface area contributed by atoms with E-state index in [-0.39, 0.29) is 5.97 Å². The van der Waals surface area contributed by atoms with Crippen molar-refractivity contribution >= 4 is 23.0 Å². The van der Waals surface area contributed by atoms with Gasteiger partial charge in [0.15, 0.2) is 0 Å². The molecule has 0 fully saturated rings. The molecule has 1 aromatic heterocycles. The lowest BCUT2D eigenvalue weighted by molar-refractivity contribution is 0.0495. The van der Waals surface area contributed by atoms with Crippen molar-refractivity contribution < 1.29 is 9.53 Å². The van der Waals surface area contributed by atoms with Crippen LogP contribution in [0, 0.1) is 5.92 Å². The molecule has 0 saturated carbocycles. The number of anilines is 1. The smallest absolute Gasteiger partial charge is 0.350 e. The number of ether oxygens (including phenoxy) is 1. The number of carbonyl (C=O) groups is 1. The van der Waals surface area contributed by atoms with E-state index in [0.717, 1.165) is 6.42 Å². The Kier molecular flexibility index (Phi) is 3.95. The molecule has 0 saturated heterocycles. The quantitative estimate of drug-likeness (QED) is 0.782. The highest BCUT2D eigenvalue weighted by Gasteiger charge is 2.12. The van der Waals surface area contributed by atoms with Crippen LogP contribution in [0.3, 0.4) is 0 Å². The normalized spacial score (nSPS) is 10.5. The van der Waals surface area contributed by atoms with Gasteiger partial charge in [-0.2, -0.15) is 0 Å². The van der Waals surface area contributed by atoms with Gasteiger partial charge >= 0.3 is 5.97 Å². The molecule has 0 aliphatic rings. The molecule has 3 nitrogen and oxygen atoms in total. The van der Waals surface area contributed by atoms with Crippen LogP contribution in [0.1, 0.15) is 29.9 Å². The van der Waals surface area contributed by atoms with Gasteiger partial charge in [0.1, 0.15) is 4.88 Å². The van der Waals surface area contributed by atoms with Crippen molar-refractivity contribution in [3.05, 3.63) is 16.3 Å². The first-order valence-corrected chi connectivity index (χ1v) is 5.49. The van der Waals surface area contributed by atoms with Crippen LogP contribution < -0.4 is 5.73 Å². The van der Waals surface area contributed by atoms with E-state index in [1.807, 2.05) is 0 Å². The molecule has 0 bridgehead atoms. The molecule has 0 amide bonds. The maximum Gasteiger partial charge on any atom is 0.350 e. The largest absolute Gasteiger partial charge is 0.461 e. The molecule has 4 heteroatoms. The summed E-state index contributed by atoms with van der Waals surface area (Å²) >= 11 is 1.32. The van der Waals surface area contributed by atoms with Crippen molar-refractivity contribution in [1.82, 2.24) is 0 Å². The number of esters is 1. The molecule has 0 aliphatic heterocycles. The third kappa shape index (κ3) is 3.03. The third-order valence-electron chi connectivity index (χ3n) is 1.81. The molecule has 0 unspecified atom stereocenters. The number of carbonyl (C=O) groups excluding carboxylic acids is 1. The molecule has 1 rings (SSSR count). The Balaban J connectivity index is 2.40. The number of hydrogen-bond acceptors (Lipinski definition) is 4. The lowest BCUT2D eigenvalue weighted by atomic mass is 10.1. The van der Waals surface area contributed by atoms with Crippen molar-refractivity contribution in [3.63, 3.8) is 0 Å². The summed E-state index contributed by atoms with van der Waals surface area (Å²) in [4.78, 5) is 11.9. The van der Waals surface area contributed by atoms with Gasteiger partial charge in [0, 0.05) is 0 Å². The monoisotopic (exact) mass is 213 g/mol. The van der Waals surface area contributed by atoms with Gasteiger partial charge in [-0.25, -0.2) is 4.79 Å². The van der Waals surface area contributed by atoms with Crippen molar-refractivity contribution in [1.29, 1.82) is 0 Å². The van der Waals surface area contributed by atoms with Crippen LogP contribution in [0.2, 0.25) is 0 Å². The highest BCUT2D eigenvalue weighted by molar-refractivity contribution is 7.12. The number of nitrogens with two attached hydrogens (primary N) is 1. The van der Waals surface area contributed by atoms with Gasteiger partial charge < -0.3 is 10.5 Å². The second-order valence-electron chi connectivity index (χ2n) is 3.52. The first-order valence-electron chi connectivity index (χ1n) is 4.61. The maximum atomic E-state index is 11.4. The summed E-state index contributed by atoms with van der Waals surface area (Å²) in [5, 5.41) is 1.79.